The van der Waals surface area contributed by atoms with Gasteiger partial charge in [-0.1, -0.05) is 48.3 Å². The minimum Gasteiger partial charge on any atom is -0.481 e. The van der Waals surface area contributed by atoms with Crippen molar-refractivity contribution in [1.29, 1.82) is 0 Å². The summed E-state index contributed by atoms with van der Waals surface area (Å²) >= 11 is 0. The van der Waals surface area contributed by atoms with Crippen molar-refractivity contribution in [3.8, 4) is 0 Å². The van der Waals surface area contributed by atoms with E-state index in [0.29, 0.717) is 25.0 Å². The summed E-state index contributed by atoms with van der Waals surface area (Å²) in [6.07, 6.45) is 3.54. The number of amides is 1. The first kappa shape index (κ1) is 17.2. The molecule has 1 fully saturated rings. The van der Waals surface area contributed by atoms with Crippen molar-refractivity contribution in [3.63, 3.8) is 0 Å². The molecule has 0 radical (unpaired) electrons. The summed E-state index contributed by atoms with van der Waals surface area (Å²) in [4.78, 5) is 24.1. The zero-order chi connectivity index (χ0) is 17.9. The number of aromatic nitrogens is 1. The van der Waals surface area contributed by atoms with Crippen molar-refractivity contribution in [2.45, 2.75) is 45.1 Å². The number of carbonyl (C=O) groups is 2. The lowest BCUT2D eigenvalue weighted by molar-refractivity contribution is -0.151. The summed E-state index contributed by atoms with van der Waals surface area (Å²) < 4.78 is 5.25. The number of nitrogens with zero attached hydrogens (tertiary/aromatic N) is 1. The quantitative estimate of drug-likeness (QED) is 0.871. The lowest BCUT2D eigenvalue weighted by Gasteiger charge is -2.38. The maximum Gasteiger partial charge on any atom is 0.311 e. The second-order valence-corrected chi connectivity index (χ2v) is 6.84. The van der Waals surface area contributed by atoms with Crippen LogP contribution in [-0.4, -0.2) is 28.2 Å². The molecule has 1 saturated carbocycles. The van der Waals surface area contributed by atoms with Gasteiger partial charge in [0.2, 0.25) is 0 Å². The zero-order valence-corrected chi connectivity index (χ0v) is 14.2. The van der Waals surface area contributed by atoms with Gasteiger partial charge in [-0.3, -0.25) is 9.59 Å². The fourth-order valence-corrected chi connectivity index (χ4v) is 3.35. The Bertz CT molecular complexity index is 756. The molecule has 1 amide bonds. The fraction of sp³-hybridized carbons (Fsp3) is 0.421. The standard InChI is InChI=1S/C19H22N2O4/c1-19(18(23)24)10-6-5-9-16(19)20-17(22)15-12-14(25-21-15)11-13-7-3-2-4-8-13/h2-4,7-8,12,16H,5-6,9-11H2,1H3,(H,20,22)(H,23,24). The summed E-state index contributed by atoms with van der Waals surface area (Å²) in [5, 5.41) is 16.2. The highest BCUT2D eigenvalue weighted by Gasteiger charge is 2.44. The van der Waals surface area contributed by atoms with Crippen LogP contribution in [0.2, 0.25) is 0 Å². The molecular weight excluding hydrogens is 320 g/mol. The molecule has 2 atom stereocenters. The number of benzene rings is 1. The van der Waals surface area contributed by atoms with Crippen LogP contribution in [-0.2, 0) is 11.2 Å². The van der Waals surface area contributed by atoms with E-state index in [2.05, 4.69) is 10.5 Å². The molecule has 2 unspecified atom stereocenters. The molecule has 1 aromatic heterocycles. The molecule has 0 aliphatic heterocycles. The van der Waals surface area contributed by atoms with Crippen molar-refractivity contribution in [2.75, 3.05) is 0 Å². The predicted molar refractivity (Wildman–Crippen MR) is 91.2 cm³/mol. The second kappa shape index (κ2) is 7.09. The lowest BCUT2D eigenvalue weighted by Crippen LogP contribution is -2.52. The Morgan fingerprint density at radius 3 is 2.80 bits per heavy atom. The largest absolute Gasteiger partial charge is 0.481 e. The summed E-state index contributed by atoms with van der Waals surface area (Å²) in [5.74, 6) is -0.661. The third kappa shape index (κ3) is 3.73. The van der Waals surface area contributed by atoms with Crippen molar-refractivity contribution in [2.24, 2.45) is 5.41 Å². The van der Waals surface area contributed by atoms with Crippen LogP contribution in [0.5, 0.6) is 0 Å². The number of carbonyl (C=O) groups excluding carboxylic acids is 1. The van der Waals surface area contributed by atoms with Gasteiger partial charge < -0.3 is 14.9 Å². The number of rotatable bonds is 5. The molecule has 0 spiro atoms. The van der Waals surface area contributed by atoms with Gasteiger partial charge in [0, 0.05) is 18.5 Å². The Hall–Kier alpha value is -2.63. The van der Waals surface area contributed by atoms with E-state index in [1.807, 2.05) is 30.3 Å². The van der Waals surface area contributed by atoms with Crippen molar-refractivity contribution in [1.82, 2.24) is 10.5 Å². The first-order chi connectivity index (χ1) is 12.0. The Labute approximate surface area is 146 Å². The van der Waals surface area contributed by atoms with Gasteiger partial charge in [0.05, 0.1) is 5.41 Å². The van der Waals surface area contributed by atoms with Gasteiger partial charge in [-0.15, -0.1) is 0 Å². The van der Waals surface area contributed by atoms with Crippen LogP contribution >= 0.6 is 0 Å². The molecule has 0 bridgehead atoms. The first-order valence-corrected chi connectivity index (χ1v) is 8.53. The molecule has 2 aromatic rings. The van der Waals surface area contributed by atoms with Gasteiger partial charge in [-0.25, -0.2) is 0 Å². The third-order valence-corrected chi connectivity index (χ3v) is 5.01. The van der Waals surface area contributed by atoms with E-state index in [9.17, 15) is 14.7 Å². The van der Waals surface area contributed by atoms with E-state index in [4.69, 9.17) is 4.52 Å². The van der Waals surface area contributed by atoms with Crippen molar-refractivity contribution < 1.29 is 19.2 Å². The molecule has 6 nitrogen and oxygen atoms in total. The normalized spacial score (nSPS) is 23.2. The fourth-order valence-electron chi connectivity index (χ4n) is 3.35. The summed E-state index contributed by atoms with van der Waals surface area (Å²) in [7, 11) is 0. The average Bonchev–Trinajstić information content (AvgIpc) is 3.06. The third-order valence-electron chi connectivity index (χ3n) is 5.01. The Morgan fingerprint density at radius 2 is 2.08 bits per heavy atom. The number of aliphatic carboxylic acids is 1. The molecule has 25 heavy (non-hydrogen) atoms. The summed E-state index contributed by atoms with van der Waals surface area (Å²) in [6.45, 7) is 1.70. The smallest absolute Gasteiger partial charge is 0.311 e. The van der Waals surface area contributed by atoms with Gasteiger partial charge in [-0.2, -0.15) is 0 Å². The molecule has 1 aliphatic carbocycles. The molecule has 132 valence electrons. The van der Waals surface area contributed by atoms with Crippen LogP contribution in [0, 0.1) is 5.41 Å². The molecule has 6 heteroatoms. The van der Waals surface area contributed by atoms with Crippen molar-refractivity contribution in [3.05, 3.63) is 53.4 Å². The number of hydrogen-bond acceptors (Lipinski definition) is 4. The number of carboxylic acid groups (broad SMARTS) is 1. The summed E-state index contributed by atoms with van der Waals surface area (Å²) in [5.41, 5.74) is 0.311. The SMILES string of the molecule is CC1(C(=O)O)CCCCC1NC(=O)c1cc(Cc2ccccc2)on1. The molecular formula is C19H22N2O4. The average molecular weight is 342 g/mol. The highest BCUT2D eigenvalue weighted by molar-refractivity contribution is 5.93. The monoisotopic (exact) mass is 342 g/mol. The molecule has 0 saturated heterocycles. The maximum atomic E-state index is 12.5. The molecule has 1 aromatic carbocycles. The van der Waals surface area contributed by atoms with Crippen LogP contribution in [0.3, 0.4) is 0 Å². The summed E-state index contributed by atoms with van der Waals surface area (Å²) in [6, 6.07) is 11.0. The molecule has 1 aliphatic rings. The van der Waals surface area contributed by atoms with E-state index < -0.39 is 17.4 Å². The lowest BCUT2D eigenvalue weighted by atomic mass is 9.71. The van der Waals surface area contributed by atoms with Crippen LogP contribution in [0.15, 0.2) is 40.9 Å². The topological polar surface area (TPSA) is 92.4 Å². The minimum absolute atomic E-state index is 0.184. The number of nitrogens with one attached hydrogen (secondary N) is 1. The zero-order valence-electron chi connectivity index (χ0n) is 14.2. The van der Waals surface area contributed by atoms with E-state index in [0.717, 1.165) is 18.4 Å². The van der Waals surface area contributed by atoms with E-state index in [-0.39, 0.29) is 11.6 Å². The highest BCUT2D eigenvalue weighted by Crippen LogP contribution is 2.36. The van der Waals surface area contributed by atoms with Crippen LogP contribution in [0.25, 0.3) is 0 Å². The highest BCUT2D eigenvalue weighted by atomic mass is 16.5. The van der Waals surface area contributed by atoms with Gasteiger partial charge in [0.15, 0.2) is 5.69 Å². The maximum absolute atomic E-state index is 12.5. The second-order valence-electron chi connectivity index (χ2n) is 6.84. The van der Waals surface area contributed by atoms with Crippen LogP contribution < -0.4 is 5.32 Å². The van der Waals surface area contributed by atoms with Gasteiger partial charge in [-0.05, 0) is 25.3 Å². The number of carboxylic acids is 1. The van der Waals surface area contributed by atoms with Gasteiger partial charge >= 0.3 is 5.97 Å². The first-order valence-electron chi connectivity index (χ1n) is 8.53. The number of hydrogen-bond donors (Lipinski definition) is 2. The van der Waals surface area contributed by atoms with Gasteiger partial charge in [0.1, 0.15) is 5.76 Å². The minimum atomic E-state index is -0.940. The predicted octanol–water partition coefficient (Wildman–Crippen LogP) is 3.03. The Kier molecular flexibility index (Phi) is 4.88. The van der Waals surface area contributed by atoms with Crippen molar-refractivity contribution >= 4 is 11.9 Å². The molecule has 1 heterocycles. The van der Waals surface area contributed by atoms with E-state index in [1.165, 1.54) is 0 Å². The molecule has 3 rings (SSSR count). The Morgan fingerprint density at radius 1 is 1.32 bits per heavy atom. The van der Waals surface area contributed by atoms with Gasteiger partial charge in [0.25, 0.3) is 5.91 Å². The van der Waals surface area contributed by atoms with E-state index >= 15 is 0 Å². The van der Waals surface area contributed by atoms with E-state index in [1.54, 1.807) is 13.0 Å². The molecule has 2 N–H and O–H groups in total. The van der Waals surface area contributed by atoms with Crippen LogP contribution in [0.1, 0.15) is 54.4 Å². The Balaban J connectivity index is 1.68. The van der Waals surface area contributed by atoms with Crippen LogP contribution in [0.4, 0.5) is 0 Å².